The number of benzene rings is 1. The van der Waals surface area contributed by atoms with Gasteiger partial charge in [0.2, 0.25) is 0 Å². The van der Waals surface area contributed by atoms with Crippen LogP contribution in [0.25, 0.3) is 0 Å². The Hall–Kier alpha value is -0.860. The van der Waals surface area contributed by atoms with Crippen LogP contribution >= 0.6 is 0 Å². The molecule has 2 atom stereocenters. The van der Waals surface area contributed by atoms with Gasteiger partial charge in [0, 0.05) is 18.6 Å². The Morgan fingerprint density at radius 2 is 2.00 bits per heavy atom. The molecule has 1 heterocycles. The lowest BCUT2D eigenvalue weighted by Gasteiger charge is -2.34. The van der Waals surface area contributed by atoms with Crippen molar-refractivity contribution in [2.45, 2.75) is 45.2 Å². The maximum atomic E-state index is 3.36. The van der Waals surface area contributed by atoms with Crippen LogP contribution in [0.5, 0.6) is 0 Å². The average molecular weight is 260 g/mol. The quantitative estimate of drug-likeness (QED) is 0.842. The van der Waals surface area contributed by atoms with Crippen molar-refractivity contribution in [2.75, 3.05) is 20.1 Å². The molecule has 0 saturated carbocycles. The van der Waals surface area contributed by atoms with E-state index >= 15 is 0 Å². The van der Waals surface area contributed by atoms with Crippen molar-refractivity contribution in [3.05, 3.63) is 35.9 Å². The standard InChI is InChI=1S/C17H28N2/c1-14(2)12-17(15-8-5-4-6-9-15)19-11-7-10-16(19)13-18-3/h4-6,8-9,14,16-18H,7,10-13H2,1-3H3. The molecule has 2 rings (SSSR count). The Labute approximate surface area is 118 Å². The summed E-state index contributed by atoms with van der Waals surface area (Å²) in [6, 6.07) is 12.3. The normalized spacial score (nSPS) is 22.0. The second kappa shape index (κ2) is 7.06. The van der Waals surface area contributed by atoms with E-state index in [1.807, 2.05) is 0 Å². The SMILES string of the molecule is CNCC1CCCN1C(CC(C)C)c1ccccc1. The zero-order valence-electron chi connectivity index (χ0n) is 12.6. The molecule has 0 radical (unpaired) electrons. The third kappa shape index (κ3) is 3.80. The summed E-state index contributed by atoms with van der Waals surface area (Å²) in [5.41, 5.74) is 1.49. The van der Waals surface area contributed by atoms with Crippen molar-refractivity contribution in [1.82, 2.24) is 10.2 Å². The van der Waals surface area contributed by atoms with Crippen LogP contribution in [-0.2, 0) is 0 Å². The molecule has 1 N–H and O–H groups in total. The van der Waals surface area contributed by atoms with Crippen molar-refractivity contribution in [1.29, 1.82) is 0 Å². The maximum Gasteiger partial charge on any atom is 0.0354 e. The number of nitrogens with zero attached hydrogens (tertiary/aromatic N) is 1. The predicted molar refractivity (Wildman–Crippen MR) is 82.3 cm³/mol. The third-order valence-electron chi connectivity index (χ3n) is 4.14. The molecular formula is C17H28N2. The first-order valence-electron chi connectivity index (χ1n) is 7.67. The molecule has 0 aliphatic carbocycles. The minimum Gasteiger partial charge on any atom is -0.318 e. The van der Waals surface area contributed by atoms with Crippen LogP contribution in [0.2, 0.25) is 0 Å². The molecule has 1 fully saturated rings. The highest BCUT2D eigenvalue weighted by molar-refractivity contribution is 5.19. The van der Waals surface area contributed by atoms with Gasteiger partial charge < -0.3 is 5.32 Å². The van der Waals surface area contributed by atoms with Crippen molar-refractivity contribution >= 4 is 0 Å². The molecule has 1 saturated heterocycles. The molecule has 0 bridgehead atoms. The van der Waals surface area contributed by atoms with Gasteiger partial charge in [-0.3, -0.25) is 4.90 Å². The van der Waals surface area contributed by atoms with Crippen LogP contribution in [-0.4, -0.2) is 31.1 Å². The van der Waals surface area contributed by atoms with E-state index in [0.717, 1.165) is 12.5 Å². The van der Waals surface area contributed by atoms with Gasteiger partial charge >= 0.3 is 0 Å². The van der Waals surface area contributed by atoms with E-state index in [1.54, 1.807) is 0 Å². The summed E-state index contributed by atoms with van der Waals surface area (Å²) in [5, 5.41) is 3.36. The average Bonchev–Trinajstić information content (AvgIpc) is 2.85. The first kappa shape index (κ1) is 14.5. The molecule has 1 aromatic carbocycles. The lowest BCUT2D eigenvalue weighted by molar-refractivity contribution is 0.157. The second-order valence-electron chi connectivity index (χ2n) is 6.15. The van der Waals surface area contributed by atoms with Gasteiger partial charge in [-0.1, -0.05) is 44.2 Å². The van der Waals surface area contributed by atoms with Crippen LogP contribution in [0.4, 0.5) is 0 Å². The van der Waals surface area contributed by atoms with E-state index in [0.29, 0.717) is 12.1 Å². The highest BCUT2D eigenvalue weighted by Crippen LogP contribution is 2.33. The summed E-state index contributed by atoms with van der Waals surface area (Å²) in [7, 11) is 2.07. The lowest BCUT2D eigenvalue weighted by Crippen LogP contribution is -2.39. The second-order valence-corrected chi connectivity index (χ2v) is 6.15. The highest BCUT2D eigenvalue weighted by Gasteiger charge is 2.31. The zero-order valence-corrected chi connectivity index (χ0v) is 12.6. The highest BCUT2D eigenvalue weighted by atomic mass is 15.2. The molecule has 1 aliphatic heterocycles. The monoisotopic (exact) mass is 260 g/mol. The number of nitrogens with one attached hydrogen (secondary N) is 1. The summed E-state index contributed by atoms with van der Waals surface area (Å²) in [6.07, 6.45) is 3.93. The minimum absolute atomic E-state index is 0.585. The first-order valence-corrected chi connectivity index (χ1v) is 7.67. The van der Waals surface area contributed by atoms with Gasteiger partial charge in [-0.2, -0.15) is 0 Å². The molecule has 1 aromatic rings. The van der Waals surface area contributed by atoms with Crippen LogP contribution in [0.3, 0.4) is 0 Å². The smallest absolute Gasteiger partial charge is 0.0354 e. The molecule has 1 aliphatic rings. The van der Waals surface area contributed by atoms with E-state index in [4.69, 9.17) is 0 Å². The first-order chi connectivity index (χ1) is 9.22. The summed E-state index contributed by atoms with van der Waals surface area (Å²) >= 11 is 0. The maximum absolute atomic E-state index is 3.36. The molecule has 2 unspecified atom stereocenters. The van der Waals surface area contributed by atoms with Crippen molar-refractivity contribution in [2.24, 2.45) is 5.92 Å². The fourth-order valence-electron chi connectivity index (χ4n) is 3.31. The molecule has 106 valence electrons. The van der Waals surface area contributed by atoms with Crippen LogP contribution in [0, 0.1) is 5.92 Å². The largest absolute Gasteiger partial charge is 0.318 e. The Morgan fingerprint density at radius 1 is 1.26 bits per heavy atom. The van der Waals surface area contributed by atoms with Gasteiger partial charge in [0.25, 0.3) is 0 Å². The van der Waals surface area contributed by atoms with Crippen molar-refractivity contribution < 1.29 is 0 Å². The number of hydrogen-bond donors (Lipinski definition) is 1. The van der Waals surface area contributed by atoms with E-state index in [9.17, 15) is 0 Å². The van der Waals surface area contributed by atoms with Gasteiger partial charge in [-0.05, 0) is 44.3 Å². The Balaban J connectivity index is 2.17. The minimum atomic E-state index is 0.585. The zero-order chi connectivity index (χ0) is 13.7. The van der Waals surface area contributed by atoms with Crippen molar-refractivity contribution in [3.63, 3.8) is 0 Å². The Bertz CT molecular complexity index is 361. The lowest BCUT2D eigenvalue weighted by atomic mass is 9.95. The molecule has 0 spiro atoms. The number of hydrogen-bond acceptors (Lipinski definition) is 2. The summed E-state index contributed by atoms with van der Waals surface area (Å²) in [4.78, 5) is 2.73. The number of likely N-dealkylation sites (tertiary alicyclic amines) is 1. The molecule has 0 aromatic heterocycles. The van der Waals surface area contributed by atoms with Gasteiger partial charge in [-0.15, -0.1) is 0 Å². The number of likely N-dealkylation sites (N-methyl/N-ethyl adjacent to an activating group) is 1. The van der Waals surface area contributed by atoms with E-state index < -0.39 is 0 Å². The fourth-order valence-corrected chi connectivity index (χ4v) is 3.31. The fraction of sp³-hybridized carbons (Fsp3) is 0.647. The summed E-state index contributed by atoms with van der Waals surface area (Å²) in [6.45, 7) is 7.03. The Morgan fingerprint density at radius 3 is 2.63 bits per heavy atom. The molecule has 2 nitrogen and oxygen atoms in total. The predicted octanol–water partition coefficient (Wildman–Crippen LogP) is 3.46. The molecule has 0 amide bonds. The van der Waals surface area contributed by atoms with E-state index in [2.05, 4.69) is 61.4 Å². The number of rotatable bonds is 6. The van der Waals surface area contributed by atoms with Crippen LogP contribution in [0.15, 0.2) is 30.3 Å². The van der Waals surface area contributed by atoms with Crippen LogP contribution < -0.4 is 5.32 Å². The summed E-state index contributed by atoms with van der Waals surface area (Å²) in [5.74, 6) is 0.737. The third-order valence-corrected chi connectivity index (χ3v) is 4.14. The van der Waals surface area contributed by atoms with Crippen LogP contribution in [0.1, 0.15) is 44.7 Å². The Kier molecular flexibility index (Phi) is 5.41. The molecular weight excluding hydrogens is 232 g/mol. The molecule has 2 heteroatoms. The van der Waals surface area contributed by atoms with Crippen molar-refractivity contribution in [3.8, 4) is 0 Å². The van der Waals surface area contributed by atoms with Gasteiger partial charge in [0.15, 0.2) is 0 Å². The van der Waals surface area contributed by atoms with Gasteiger partial charge in [0.1, 0.15) is 0 Å². The van der Waals surface area contributed by atoms with E-state index in [1.165, 1.54) is 31.4 Å². The topological polar surface area (TPSA) is 15.3 Å². The van der Waals surface area contributed by atoms with Gasteiger partial charge in [0.05, 0.1) is 0 Å². The van der Waals surface area contributed by atoms with E-state index in [-0.39, 0.29) is 0 Å². The summed E-state index contributed by atoms with van der Waals surface area (Å²) < 4.78 is 0. The van der Waals surface area contributed by atoms with Gasteiger partial charge in [-0.25, -0.2) is 0 Å². The molecule has 19 heavy (non-hydrogen) atoms.